The Kier molecular flexibility index (Phi) is 1.66. The Morgan fingerprint density at radius 3 is 3.33 bits per heavy atom. The maximum absolute atomic E-state index is 10.1. The van der Waals surface area contributed by atoms with Crippen molar-refractivity contribution < 1.29 is 14.4 Å². The van der Waals surface area contributed by atoms with E-state index < -0.39 is 0 Å². The second-order valence-electron chi connectivity index (χ2n) is 2.46. The van der Waals surface area contributed by atoms with Crippen LogP contribution >= 0.6 is 0 Å². The summed E-state index contributed by atoms with van der Waals surface area (Å²) in [6.07, 6.45) is 5.40. The fourth-order valence-corrected chi connectivity index (χ4v) is 1.09. The molecule has 0 spiro atoms. The van der Waals surface area contributed by atoms with Gasteiger partial charge in [-0.3, -0.25) is 4.79 Å². The summed E-state index contributed by atoms with van der Waals surface area (Å²) in [5.74, 6) is 0.555. The van der Waals surface area contributed by atoms with Crippen molar-refractivity contribution in [2.75, 3.05) is 6.61 Å². The highest BCUT2D eigenvalue weighted by molar-refractivity contribution is 6.00. The molecular weight excluding hydrogens is 158 g/mol. The first-order valence-electron chi connectivity index (χ1n) is 3.60. The van der Waals surface area contributed by atoms with E-state index in [4.69, 9.17) is 9.57 Å². The van der Waals surface area contributed by atoms with Crippen molar-refractivity contribution >= 4 is 12.0 Å². The van der Waals surface area contributed by atoms with Gasteiger partial charge in [-0.1, -0.05) is 5.16 Å². The lowest BCUT2D eigenvalue weighted by Gasteiger charge is -2.15. The van der Waals surface area contributed by atoms with Gasteiger partial charge in [0.15, 0.2) is 12.7 Å². The van der Waals surface area contributed by atoms with E-state index in [2.05, 4.69) is 5.16 Å². The molecule has 0 radical (unpaired) electrons. The molecule has 4 heteroatoms. The van der Waals surface area contributed by atoms with Crippen LogP contribution in [0.5, 0.6) is 0 Å². The molecule has 1 atom stereocenters. The van der Waals surface area contributed by atoms with Crippen molar-refractivity contribution in [2.24, 2.45) is 5.16 Å². The molecule has 2 aliphatic rings. The van der Waals surface area contributed by atoms with Gasteiger partial charge in [-0.25, -0.2) is 0 Å². The van der Waals surface area contributed by atoms with Crippen LogP contribution in [0.3, 0.4) is 0 Å². The second-order valence-corrected chi connectivity index (χ2v) is 2.46. The zero-order chi connectivity index (χ0) is 8.39. The maximum atomic E-state index is 10.1. The SMILES string of the molecule is O=C/C=C1\C=CC2=NOCC2O1. The lowest BCUT2D eigenvalue weighted by molar-refractivity contribution is -0.104. The first kappa shape index (κ1) is 7.09. The van der Waals surface area contributed by atoms with E-state index in [1.807, 2.05) is 0 Å². The van der Waals surface area contributed by atoms with Crippen molar-refractivity contribution in [2.45, 2.75) is 6.10 Å². The minimum Gasteiger partial charge on any atom is -0.480 e. The van der Waals surface area contributed by atoms with Crippen LogP contribution in [0.15, 0.2) is 29.1 Å². The van der Waals surface area contributed by atoms with Gasteiger partial charge in [-0.05, 0) is 12.2 Å². The van der Waals surface area contributed by atoms with Gasteiger partial charge in [-0.2, -0.15) is 0 Å². The average Bonchev–Trinajstić information content (AvgIpc) is 2.51. The van der Waals surface area contributed by atoms with Gasteiger partial charge in [0.05, 0.1) is 0 Å². The standard InChI is InChI=1S/C8H7NO3/c10-4-3-6-1-2-7-8(12-6)5-11-9-7/h1-4,8H,5H2/b6-3+. The molecular formula is C8H7NO3. The Bertz CT molecular complexity index is 291. The molecule has 12 heavy (non-hydrogen) atoms. The van der Waals surface area contributed by atoms with E-state index in [1.54, 1.807) is 12.2 Å². The van der Waals surface area contributed by atoms with Crippen LogP contribution in [0, 0.1) is 0 Å². The van der Waals surface area contributed by atoms with Crippen molar-refractivity contribution in [3.05, 3.63) is 24.0 Å². The van der Waals surface area contributed by atoms with Gasteiger partial charge < -0.3 is 9.57 Å². The van der Waals surface area contributed by atoms with E-state index >= 15 is 0 Å². The molecule has 0 N–H and O–H groups in total. The Hall–Kier alpha value is -1.58. The van der Waals surface area contributed by atoms with Gasteiger partial charge in [0.2, 0.25) is 0 Å². The number of carbonyl (C=O) groups is 1. The number of ether oxygens (including phenoxy) is 1. The number of aldehydes is 1. The van der Waals surface area contributed by atoms with Crippen molar-refractivity contribution in [1.82, 2.24) is 0 Å². The van der Waals surface area contributed by atoms with Crippen LogP contribution in [-0.4, -0.2) is 24.7 Å². The Labute approximate surface area is 69.1 Å². The second kappa shape index (κ2) is 2.81. The van der Waals surface area contributed by atoms with Gasteiger partial charge >= 0.3 is 0 Å². The van der Waals surface area contributed by atoms with Gasteiger partial charge in [-0.15, -0.1) is 0 Å². The Balaban J connectivity index is 2.21. The highest BCUT2D eigenvalue weighted by atomic mass is 16.7. The lowest BCUT2D eigenvalue weighted by atomic mass is 10.1. The molecule has 1 unspecified atom stereocenters. The topological polar surface area (TPSA) is 47.9 Å². The van der Waals surface area contributed by atoms with Crippen LogP contribution in [0.2, 0.25) is 0 Å². The van der Waals surface area contributed by atoms with Crippen LogP contribution < -0.4 is 0 Å². The van der Waals surface area contributed by atoms with Crippen molar-refractivity contribution in [1.29, 1.82) is 0 Å². The highest BCUT2D eigenvalue weighted by Crippen LogP contribution is 2.17. The Morgan fingerprint density at radius 2 is 2.50 bits per heavy atom. The normalized spacial score (nSPS) is 28.8. The lowest BCUT2D eigenvalue weighted by Crippen LogP contribution is -2.24. The molecule has 2 rings (SSSR count). The predicted octanol–water partition coefficient (Wildman–Crippen LogP) is 0.410. The maximum Gasteiger partial charge on any atom is 0.180 e. The van der Waals surface area contributed by atoms with Crippen LogP contribution in [0.25, 0.3) is 0 Å². The number of fused-ring (bicyclic) bond motifs is 1. The van der Waals surface area contributed by atoms with Gasteiger partial charge in [0.25, 0.3) is 0 Å². The minimum atomic E-state index is -0.138. The summed E-state index contributed by atoms with van der Waals surface area (Å²) in [5, 5.41) is 3.74. The fourth-order valence-electron chi connectivity index (χ4n) is 1.09. The Morgan fingerprint density at radius 1 is 1.58 bits per heavy atom. The molecule has 2 heterocycles. The number of allylic oxidation sites excluding steroid dienone is 2. The van der Waals surface area contributed by atoms with Crippen LogP contribution in [-0.2, 0) is 14.4 Å². The summed E-state index contributed by atoms with van der Waals surface area (Å²) in [7, 11) is 0. The number of hydrogen-bond donors (Lipinski definition) is 0. The quantitative estimate of drug-likeness (QED) is 0.417. The van der Waals surface area contributed by atoms with E-state index in [9.17, 15) is 4.79 Å². The number of rotatable bonds is 1. The summed E-state index contributed by atoms with van der Waals surface area (Å²) in [6, 6.07) is 0. The third kappa shape index (κ3) is 1.11. The molecule has 0 bridgehead atoms. The zero-order valence-electron chi connectivity index (χ0n) is 6.27. The van der Waals surface area contributed by atoms with Gasteiger partial charge in [0.1, 0.15) is 17.8 Å². The van der Waals surface area contributed by atoms with Crippen LogP contribution in [0.4, 0.5) is 0 Å². The molecule has 0 aliphatic carbocycles. The zero-order valence-corrected chi connectivity index (χ0v) is 6.27. The fraction of sp³-hybridized carbons (Fsp3) is 0.250. The molecule has 0 aromatic rings. The van der Waals surface area contributed by atoms with Crippen molar-refractivity contribution in [3.63, 3.8) is 0 Å². The molecule has 62 valence electrons. The average molecular weight is 165 g/mol. The third-order valence-corrected chi connectivity index (χ3v) is 1.65. The number of hydrogen-bond acceptors (Lipinski definition) is 4. The molecule has 0 amide bonds. The summed E-state index contributed by atoms with van der Waals surface area (Å²) in [4.78, 5) is 14.9. The first-order chi connectivity index (χ1) is 5.90. The molecule has 2 aliphatic heterocycles. The summed E-state index contributed by atoms with van der Waals surface area (Å²) in [5.41, 5.74) is 0.776. The molecule has 0 saturated carbocycles. The third-order valence-electron chi connectivity index (χ3n) is 1.65. The number of carbonyl (C=O) groups excluding carboxylic acids is 1. The molecule has 0 saturated heterocycles. The van der Waals surface area contributed by atoms with E-state index in [0.717, 1.165) is 5.71 Å². The number of oxime groups is 1. The highest BCUT2D eigenvalue weighted by Gasteiger charge is 2.26. The van der Waals surface area contributed by atoms with E-state index in [0.29, 0.717) is 18.7 Å². The summed E-state index contributed by atoms with van der Waals surface area (Å²) >= 11 is 0. The minimum absolute atomic E-state index is 0.138. The monoisotopic (exact) mass is 165 g/mol. The first-order valence-corrected chi connectivity index (χ1v) is 3.60. The number of nitrogens with zero attached hydrogens (tertiary/aromatic N) is 1. The predicted molar refractivity (Wildman–Crippen MR) is 41.5 cm³/mol. The molecule has 4 nitrogen and oxygen atoms in total. The van der Waals surface area contributed by atoms with Crippen LogP contribution in [0.1, 0.15) is 0 Å². The smallest absolute Gasteiger partial charge is 0.180 e. The molecule has 0 aromatic carbocycles. The van der Waals surface area contributed by atoms with E-state index in [-0.39, 0.29) is 6.10 Å². The summed E-state index contributed by atoms with van der Waals surface area (Å²) in [6.45, 7) is 0.426. The molecule has 0 fully saturated rings. The van der Waals surface area contributed by atoms with E-state index in [1.165, 1.54) is 6.08 Å². The summed E-state index contributed by atoms with van der Waals surface area (Å²) < 4.78 is 5.34. The molecule has 0 aromatic heterocycles. The van der Waals surface area contributed by atoms with Crippen molar-refractivity contribution in [3.8, 4) is 0 Å². The largest absolute Gasteiger partial charge is 0.480 e. The van der Waals surface area contributed by atoms with Gasteiger partial charge in [0, 0.05) is 6.08 Å².